The summed E-state index contributed by atoms with van der Waals surface area (Å²) in [6, 6.07) is 8.58. The van der Waals surface area contributed by atoms with Gasteiger partial charge in [0, 0.05) is 0 Å². The Hall–Kier alpha value is -1.88. The van der Waals surface area contributed by atoms with Crippen molar-refractivity contribution in [2.45, 2.75) is 38.8 Å². The van der Waals surface area contributed by atoms with E-state index in [1.54, 1.807) is 20.8 Å². The van der Waals surface area contributed by atoms with E-state index < -0.39 is 30.2 Å². The second-order valence-corrected chi connectivity index (χ2v) is 5.49. The smallest absolute Gasteiger partial charge is 0.344 e. The first kappa shape index (κ1) is 16.2. The molecule has 1 rings (SSSR count). The van der Waals surface area contributed by atoms with Crippen LogP contribution >= 0.6 is 0 Å². The van der Waals surface area contributed by atoms with E-state index in [0.29, 0.717) is 6.42 Å². The van der Waals surface area contributed by atoms with Gasteiger partial charge in [0.05, 0.1) is 0 Å². The number of nitrogens with two attached hydrogens (primary N) is 1. The van der Waals surface area contributed by atoms with E-state index >= 15 is 0 Å². The zero-order valence-electron chi connectivity index (χ0n) is 12.1. The molecule has 0 aliphatic rings. The van der Waals surface area contributed by atoms with Crippen molar-refractivity contribution in [2.75, 3.05) is 6.61 Å². The standard InChI is InChI=1S/C15H21NO4/c1-15(2,3)20-13(17)10-19-14(18)12(16)9-11-7-5-4-6-8-11/h4-8,12H,9-10,16H2,1-3H3/t12-/m0/s1. The van der Waals surface area contributed by atoms with Gasteiger partial charge in [-0.15, -0.1) is 0 Å². The molecule has 20 heavy (non-hydrogen) atoms. The molecule has 0 saturated heterocycles. The average molecular weight is 279 g/mol. The second-order valence-electron chi connectivity index (χ2n) is 5.49. The van der Waals surface area contributed by atoms with Gasteiger partial charge in [-0.1, -0.05) is 30.3 Å². The number of carbonyl (C=O) groups is 2. The third kappa shape index (κ3) is 6.33. The average Bonchev–Trinajstić information content (AvgIpc) is 2.35. The molecular formula is C15H21NO4. The summed E-state index contributed by atoms with van der Waals surface area (Å²) in [6.45, 7) is 4.81. The summed E-state index contributed by atoms with van der Waals surface area (Å²) in [5.74, 6) is -1.20. The SMILES string of the molecule is CC(C)(C)OC(=O)COC(=O)[C@@H](N)Cc1ccccc1. The van der Waals surface area contributed by atoms with Crippen molar-refractivity contribution < 1.29 is 19.1 Å². The first-order valence-corrected chi connectivity index (χ1v) is 6.46. The van der Waals surface area contributed by atoms with Gasteiger partial charge in [-0.25, -0.2) is 4.79 Å². The van der Waals surface area contributed by atoms with E-state index in [1.165, 1.54) is 0 Å². The van der Waals surface area contributed by atoms with Crippen LogP contribution in [-0.4, -0.2) is 30.2 Å². The summed E-state index contributed by atoms with van der Waals surface area (Å²) < 4.78 is 9.87. The highest BCUT2D eigenvalue weighted by molar-refractivity contribution is 5.80. The molecule has 1 aromatic carbocycles. The lowest BCUT2D eigenvalue weighted by Crippen LogP contribution is -2.36. The fourth-order valence-corrected chi connectivity index (χ4v) is 1.56. The Morgan fingerprint density at radius 2 is 1.80 bits per heavy atom. The van der Waals surface area contributed by atoms with Crippen LogP contribution in [0, 0.1) is 0 Å². The van der Waals surface area contributed by atoms with Crippen molar-refractivity contribution >= 4 is 11.9 Å². The van der Waals surface area contributed by atoms with Gasteiger partial charge < -0.3 is 15.2 Å². The normalized spacial score (nSPS) is 12.6. The molecule has 0 aliphatic heterocycles. The maximum atomic E-state index is 11.7. The Kier molecular flexibility index (Phi) is 5.70. The van der Waals surface area contributed by atoms with E-state index in [4.69, 9.17) is 15.2 Å². The predicted octanol–water partition coefficient (Wildman–Crippen LogP) is 1.44. The molecule has 0 aromatic heterocycles. The van der Waals surface area contributed by atoms with Gasteiger partial charge in [-0.05, 0) is 32.8 Å². The largest absolute Gasteiger partial charge is 0.457 e. The van der Waals surface area contributed by atoms with Gasteiger partial charge >= 0.3 is 11.9 Å². The minimum atomic E-state index is -0.792. The first-order chi connectivity index (χ1) is 9.28. The lowest BCUT2D eigenvalue weighted by molar-refractivity contribution is -0.167. The van der Waals surface area contributed by atoms with Gasteiger partial charge in [-0.3, -0.25) is 4.79 Å². The minimum Gasteiger partial charge on any atom is -0.457 e. The summed E-state index contributed by atoms with van der Waals surface area (Å²) >= 11 is 0. The molecule has 0 unspecified atom stereocenters. The van der Waals surface area contributed by atoms with E-state index in [2.05, 4.69) is 0 Å². The maximum absolute atomic E-state index is 11.7. The van der Waals surface area contributed by atoms with Gasteiger partial charge in [0.25, 0.3) is 0 Å². The second kappa shape index (κ2) is 7.05. The van der Waals surface area contributed by atoms with Crippen molar-refractivity contribution in [1.29, 1.82) is 0 Å². The van der Waals surface area contributed by atoms with Crippen molar-refractivity contribution in [3.05, 3.63) is 35.9 Å². The number of carbonyl (C=O) groups excluding carboxylic acids is 2. The molecule has 0 spiro atoms. The van der Waals surface area contributed by atoms with Crippen molar-refractivity contribution in [3.63, 3.8) is 0 Å². The molecule has 0 radical (unpaired) electrons. The summed E-state index contributed by atoms with van der Waals surface area (Å²) in [5, 5.41) is 0. The Balaban J connectivity index is 2.37. The number of rotatable bonds is 5. The molecule has 0 aliphatic carbocycles. The molecule has 5 heteroatoms. The number of hydrogen-bond donors (Lipinski definition) is 1. The quantitative estimate of drug-likeness (QED) is 0.825. The molecule has 0 bridgehead atoms. The Labute approximate surface area is 119 Å². The van der Waals surface area contributed by atoms with E-state index in [1.807, 2.05) is 30.3 Å². The van der Waals surface area contributed by atoms with Crippen molar-refractivity contribution in [3.8, 4) is 0 Å². The zero-order valence-corrected chi connectivity index (χ0v) is 12.1. The Morgan fingerprint density at radius 1 is 1.20 bits per heavy atom. The summed E-state index contributed by atoms with van der Waals surface area (Å²) in [4.78, 5) is 23.1. The van der Waals surface area contributed by atoms with Gasteiger partial charge in [0.2, 0.25) is 0 Å². The number of ether oxygens (including phenoxy) is 2. The highest BCUT2D eigenvalue weighted by Crippen LogP contribution is 2.07. The molecule has 0 fully saturated rings. The molecule has 1 atom stereocenters. The topological polar surface area (TPSA) is 78.6 Å². The van der Waals surface area contributed by atoms with E-state index in [9.17, 15) is 9.59 Å². The molecule has 5 nitrogen and oxygen atoms in total. The summed E-state index contributed by atoms with van der Waals surface area (Å²) in [7, 11) is 0. The lowest BCUT2D eigenvalue weighted by Gasteiger charge is -2.19. The highest BCUT2D eigenvalue weighted by Gasteiger charge is 2.20. The first-order valence-electron chi connectivity index (χ1n) is 6.46. The number of esters is 2. The number of hydrogen-bond acceptors (Lipinski definition) is 5. The van der Waals surface area contributed by atoms with Crippen molar-refractivity contribution in [1.82, 2.24) is 0 Å². The maximum Gasteiger partial charge on any atom is 0.344 e. The molecule has 2 N–H and O–H groups in total. The van der Waals surface area contributed by atoms with E-state index in [0.717, 1.165) is 5.56 Å². The fraction of sp³-hybridized carbons (Fsp3) is 0.467. The van der Waals surface area contributed by atoms with Crippen LogP contribution in [0.2, 0.25) is 0 Å². The zero-order chi connectivity index (χ0) is 15.2. The van der Waals surface area contributed by atoms with Crippen LogP contribution in [0.15, 0.2) is 30.3 Å². The van der Waals surface area contributed by atoms with Gasteiger partial charge in [-0.2, -0.15) is 0 Å². The molecular weight excluding hydrogens is 258 g/mol. The monoisotopic (exact) mass is 279 g/mol. The highest BCUT2D eigenvalue weighted by atomic mass is 16.6. The van der Waals surface area contributed by atoms with Crippen LogP contribution in [0.25, 0.3) is 0 Å². The molecule has 110 valence electrons. The minimum absolute atomic E-state index is 0.369. The van der Waals surface area contributed by atoms with Crippen LogP contribution in [-0.2, 0) is 25.5 Å². The molecule has 0 heterocycles. The summed E-state index contributed by atoms with van der Waals surface area (Å²) in [5.41, 5.74) is 6.07. The Morgan fingerprint density at radius 3 is 2.35 bits per heavy atom. The van der Waals surface area contributed by atoms with Crippen LogP contribution in [0.4, 0.5) is 0 Å². The molecule has 0 saturated carbocycles. The van der Waals surface area contributed by atoms with Crippen molar-refractivity contribution in [2.24, 2.45) is 5.73 Å². The predicted molar refractivity (Wildman–Crippen MR) is 74.9 cm³/mol. The van der Waals surface area contributed by atoms with E-state index in [-0.39, 0.29) is 0 Å². The van der Waals surface area contributed by atoms with Crippen LogP contribution in [0.5, 0.6) is 0 Å². The fourth-order valence-electron chi connectivity index (χ4n) is 1.56. The van der Waals surface area contributed by atoms with Gasteiger partial charge in [0.1, 0.15) is 11.6 Å². The third-order valence-electron chi connectivity index (χ3n) is 2.35. The molecule has 0 amide bonds. The molecule has 1 aromatic rings. The van der Waals surface area contributed by atoms with Crippen LogP contribution in [0.3, 0.4) is 0 Å². The third-order valence-corrected chi connectivity index (χ3v) is 2.35. The van der Waals surface area contributed by atoms with Crippen LogP contribution in [0.1, 0.15) is 26.3 Å². The lowest BCUT2D eigenvalue weighted by atomic mass is 10.1. The Bertz CT molecular complexity index is 451. The summed E-state index contributed by atoms with van der Waals surface area (Å²) in [6.07, 6.45) is 0.369. The van der Waals surface area contributed by atoms with Crippen LogP contribution < -0.4 is 5.73 Å². The number of benzene rings is 1. The van der Waals surface area contributed by atoms with Gasteiger partial charge in [0.15, 0.2) is 6.61 Å².